The highest BCUT2D eigenvalue weighted by Gasteiger charge is 2.50. The van der Waals surface area contributed by atoms with E-state index in [9.17, 15) is 19.8 Å². The summed E-state index contributed by atoms with van der Waals surface area (Å²) in [6, 6.07) is -0.323. The molecule has 0 spiro atoms. The fourth-order valence-corrected chi connectivity index (χ4v) is 8.22. The number of aliphatic imine (C=N–C) groups is 1. The van der Waals surface area contributed by atoms with E-state index in [0.717, 1.165) is 51.4 Å². The van der Waals surface area contributed by atoms with Crippen LogP contribution in [0.15, 0.2) is 4.99 Å². The number of aliphatic hydroxyl groups excluding tert-OH is 2. The minimum absolute atomic E-state index is 0.0212. The molecule has 4 fully saturated rings. The van der Waals surface area contributed by atoms with Gasteiger partial charge in [-0.1, -0.05) is 0 Å². The molecule has 6 N–H and O–H groups in total. The fraction of sp³-hybridized carbons (Fsp3) is 0.900. The van der Waals surface area contributed by atoms with E-state index in [1.165, 1.54) is 5.71 Å². The zero-order valence-corrected chi connectivity index (χ0v) is 25.9. The molecule has 0 aromatic heterocycles. The number of rotatable bonds is 9. The number of halogens is 1. The molecule has 0 aromatic carbocycles. The third-order valence-corrected chi connectivity index (χ3v) is 10.5. The van der Waals surface area contributed by atoms with Gasteiger partial charge < -0.3 is 25.6 Å². The van der Waals surface area contributed by atoms with Gasteiger partial charge in [-0.25, -0.2) is 10.9 Å². The van der Waals surface area contributed by atoms with Crippen LogP contribution in [0.2, 0.25) is 0 Å². The molecule has 9 atom stereocenters. The maximum absolute atomic E-state index is 12.8. The third-order valence-electron chi connectivity index (χ3n) is 10.1. The second-order valence-corrected chi connectivity index (χ2v) is 13.6. The smallest absolute Gasteiger partial charge is 0.222 e. The van der Waals surface area contributed by atoms with Gasteiger partial charge in [0.05, 0.1) is 55.8 Å². The molecular formula is C30H51ClN6O5. The van der Waals surface area contributed by atoms with Gasteiger partial charge in [-0.05, 0) is 84.0 Å². The van der Waals surface area contributed by atoms with E-state index in [1.54, 1.807) is 0 Å². The van der Waals surface area contributed by atoms with Gasteiger partial charge in [0.1, 0.15) is 0 Å². The standard InChI is InChI=1S/C30H51ClN6O5/c1-3-32-27(40)16-23-30-36-35-17(2)37(30)24-12-11-20(15-21(24)28(34-23)18-7-9-19(31)10-8-18)42-14-13-26(39)33-22-5-4-6-25(38)29(22)41/h17-25,29-30,35-36,38,41H,3-16H2,1-2H3,(H,32,40)(H,33,39)/t17?,18?,19?,20?,21?,22?,23-,24?,25?,29?,30?/m0/s1. The minimum Gasteiger partial charge on any atom is -0.390 e. The van der Waals surface area contributed by atoms with Gasteiger partial charge in [0.2, 0.25) is 11.8 Å². The Labute approximate surface area is 254 Å². The van der Waals surface area contributed by atoms with Gasteiger partial charge in [0, 0.05) is 36.0 Å². The molecule has 11 nitrogen and oxygen atoms in total. The molecule has 238 valence electrons. The van der Waals surface area contributed by atoms with Crippen molar-refractivity contribution in [2.24, 2.45) is 16.8 Å². The zero-order chi connectivity index (χ0) is 29.8. The number of ether oxygens (including phenoxy) is 1. The van der Waals surface area contributed by atoms with Gasteiger partial charge in [0.15, 0.2) is 0 Å². The lowest BCUT2D eigenvalue weighted by Gasteiger charge is -2.44. The molecule has 3 saturated carbocycles. The monoisotopic (exact) mass is 610 g/mol. The number of amides is 2. The molecule has 0 radical (unpaired) electrons. The topological polar surface area (TPSA) is 148 Å². The summed E-state index contributed by atoms with van der Waals surface area (Å²) in [7, 11) is 0. The first-order valence-electron chi connectivity index (χ1n) is 16.3. The van der Waals surface area contributed by atoms with E-state index in [-0.39, 0.29) is 60.0 Å². The van der Waals surface area contributed by atoms with Crippen molar-refractivity contribution >= 4 is 29.1 Å². The summed E-state index contributed by atoms with van der Waals surface area (Å²) in [6.07, 6.45) is 7.63. The Hall–Kier alpha value is -1.34. The van der Waals surface area contributed by atoms with E-state index < -0.39 is 18.2 Å². The first-order chi connectivity index (χ1) is 20.2. The molecule has 0 aromatic rings. The molecule has 2 amide bonds. The summed E-state index contributed by atoms with van der Waals surface area (Å²) in [5, 5.41) is 26.2. The maximum atomic E-state index is 12.8. The largest absolute Gasteiger partial charge is 0.390 e. The van der Waals surface area contributed by atoms with Crippen molar-refractivity contribution in [3.05, 3.63) is 0 Å². The molecule has 42 heavy (non-hydrogen) atoms. The van der Waals surface area contributed by atoms with Crippen molar-refractivity contribution in [2.45, 2.75) is 145 Å². The van der Waals surface area contributed by atoms with Crippen LogP contribution in [-0.2, 0) is 14.3 Å². The molecule has 12 heteroatoms. The molecule has 5 aliphatic rings. The summed E-state index contributed by atoms with van der Waals surface area (Å²) in [5.74, 6) is 0.431. The predicted octanol–water partition coefficient (Wildman–Crippen LogP) is 1.55. The van der Waals surface area contributed by atoms with Gasteiger partial charge >= 0.3 is 0 Å². The number of nitrogens with zero attached hydrogens (tertiary/aromatic N) is 2. The van der Waals surface area contributed by atoms with Crippen LogP contribution in [0.1, 0.15) is 90.9 Å². The van der Waals surface area contributed by atoms with E-state index >= 15 is 0 Å². The molecule has 5 rings (SSSR count). The number of hydrogen-bond donors (Lipinski definition) is 6. The Kier molecular flexibility index (Phi) is 11.2. The summed E-state index contributed by atoms with van der Waals surface area (Å²) < 4.78 is 6.33. The van der Waals surface area contributed by atoms with E-state index in [1.807, 2.05) is 6.92 Å². The number of hydrogen-bond acceptors (Lipinski definition) is 9. The maximum Gasteiger partial charge on any atom is 0.222 e. The second-order valence-electron chi connectivity index (χ2n) is 13.0. The van der Waals surface area contributed by atoms with Crippen molar-refractivity contribution < 1.29 is 24.5 Å². The summed E-state index contributed by atoms with van der Waals surface area (Å²) >= 11 is 6.50. The molecule has 3 aliphatic carbocycles. The number of nitrogens with one attached hydrogen (secondary N) is 4. The lowest BCUT2D eigenvalue weighted by Crippen LogP contribution is -2.55. The van der Waals surface area contributed by atoms with Crippen molar-refractivity contribution in [1.29, 1.82) is 0 Å². The lowest BCUT2D eigenvalue weighted by molar-refractivity contribution is -0.126. The number of alkyl halides is 1. The van der Waals surface area contributed by atoms with Gasteiger partial charge in [-0.15, -0.1) is 11.6 Å². The Morgan fingerprint density at radius 1 is 1.07 bits per heavy atom. The SMILES string of the molecule is CCNC(=O)C[C@@H]1N=C(C2CCC(Cl)CC2)C2CC(OCCC(=O)NC3CCCC(O)C3O)CCC2N2C(C)NNC12. The molecule has 1 saturated heterocycles. The molecule has 2 heterocycles. The Morgan fingerprint density at radius 3 is 2.62 bits per heavy atom. The molecule has 8 unspecified atom stereocenters. The van der Waals surface area contributed by atoms with Crippen molar-refractivity contribution in [1.82, 2.24) is 26.4 Å². The number of fused-ring (bicyclic) bond motifs is 3. The Balaban J connectivity index is 1.27. The minimum atomic E-state index is -0.918. The van der Waals surface area contributed by atoms with Crippen LogP contribution in [0, 0.1) is 11.8 Å². The zero-order valence-electron chi connectivity index (χ0n) is 25.1. The quantitative estimate of drug-likeness (QED) is 0.216. The predicted molar refractivity (Wildman–Crippen MR) is 161 cm³/mol. The van der Waals surface area contributed by atoms with Crippen molar-refractivity contribution in [2.75, 3.05) is 13.2 Å². The van der Waals surface area contributed by atoms with E-state index in [2.05, 4.69) is 33.3 Å². The van der Waals surface area contributed by atoms with Crippen LogP contribution >= 0.6 is 11.6 Å². The summed E-state index contributed by atoms with van der Waals surface area (Å²) in [4.78, 5) is 33.3. The molecule has 2 aliphatic heterocycles. The highest BCUT2D eigenvalue weighted by atomic mass is 35.5. The van der Waals surface area contributed by atoms with Crippen LogP contribution in [0.3, 0.4) is 0 Å². The Morgan fingerprint density at radius 2 is 1.86 bits per heavy atom. The van der Waals surface area contributed by atoms with E-state index in [4.69, 9.17) is 21.3 Å². The average molecular weight is 611 g/mol. The molecule has 0 bridgehead atoms. The second kappa shape index (κ2) is 14.6. The number of hydrazine groups is 1. The highest BCUT2D eigenvalue weighted by Crippen LogP contribution is 2.42. The van der Waals surface area contributed by atoms with Crippen LogP contribution in [0.25, 0.3) is 0 Å². The normalized spacial score (nSPS) is 40.8. The van der Waals surface area contributed by atoms with Crippen LogP contribution in [0.5, 0.6) is 0 Å². The lowest BCUT2D eigenvalue weighted by atomic mass is 9.72. The van der Waals surface area contributed by atoms with Crippen LogP contribution in [0.4, 0.5) is 0 Å². The third kappa shape index (κ3) is 7.47. The first-order valence-corrected chi connectivity index (χ1v) is 16.7. The fourth-order valence-electron chi connectivity index (χ4n) is 7.97. The molecular weight excluding hydrogens is 560 g/mol. The average Bonchev–Trinajstić information content (AvgIpc) is 3.29. The number of carbonyl (C=O) groups is 2. The van der Waals surface area contributed by atoms with Gasteiger partial charge in [0.25, 0.3) is 0 Å². The summed E-state index contributed by atoms with van der Waals surface area (Å²) in [5.41, 5.74) is 8.10. The van der Waals surface area contributed by atoms with Crippen LogP contribution < -0.4 is 21.5 Å². The van der Waals surface area contributed by atoms with Crippen molar-refractivity contribution in [3.63, 3.8) is 0 Å². The van der Waals surface area contributed by atoms with Gasteiger partial charge in [-0.3, -0.25) is 19.5 Å². The Bertz CT molecular complexity index is 964. The summed E-state index contributed by atoms with van der Waals surface area (Å²) in [6.45, 7) is 5.02. The first kappa shape index (κ1) is 32.1. The van der Waals surface area contributed by atoms with Gasteiger partial charge in [-0.2, -0.15) is 0 Å². The van der Waals surface area contributed by atoms with E-state index in [0.29, 0.717) is 38.3 Å². The number of carbonyl (C=O) groups excluding carboxylic acids is 2. The number of aliphatic hydroxyl groups is 2. The highest BCUT2D eigenvalue weighted by molar-refractivity contribution is 6.20. The van der Waals surface area contributed by atoms with Crippen LogP contribution in [-0.4, -0.2) is 99.9 Å². The van der Waals surface area contributed by atoms with Crippen molar-refractivity contribution in [3.8, 4) is 0 Å².